The molecule has 2 aliphatic rings. The second-order valence-electron chi connectivity index (χ2n) is 7.81. The molecule has 1 amide bonds. The minimum absolute atomic E-state index is 0.0246. The Balaban J connectivity index is 1.37. The summed E-state index contributed by atoms with van der Waals surface area (Å²) in [5.74, 6) is 0.963. The number of carbonyl (C=O) groups excluding carboxylic acids is 1. The van der Waals surface area contributed by atoms with Crippen molar-refractivity contribution in [2.24, 2.45) is 0 Å². The monoisotopic (exact) mass is 379 g/mol. The van der Waals surface area contributed by atoms with Crippen molar-refractivity contribution < 1.29 is 4.79 Å². The van der Waals surface area contributed by atoms with Crippen LogP contribution in [0.1, 0.15) is 37.9 Å². The van der Waals surface area contributed by atoms with Gasteiger partial charge in [0.2, 0.25) is 5.91 Å². The molecule has 3 heterocycles. The van der Waals surface area contributed by atoms with E-state index in [0.717, 1.165) is 68.8 Å². The van der Waals surface area contributed by atoms with Crippen LogP contribution in [0.25, 0.3) is 11.3 Å². The molecule has 2 saturated heterocycles. The van der Waals surface area contributed by atoms with Crippen molar-refractivity contribution in [3.63, 3.8) is 0 Å². The minimum Gasteiger partial charge on any atom is -0.371 e. The lowest BCUT2D eigenvalue weighted by atomic mass is 10.0. The summed E-state index contributed by atoms with van der Waals surface area (Å²) in [6, 6.07) is 10.9. The SMILES string of the molecule is Cc1nccc(-c2cccc(N3CCC(N[C@H]4CCCCNC4=O)CC3)c2)n1. The highest BCUT2D eigenvalue weighted by atomic mass is 16.2. The van der Waals surface area contributed by atoms with E-state index in [9.17, 15) is 4.79 Å². The number of aryl methyl sites for hydroxylation is 1. The van der Waals surface area contributed by atoms with Gasteiger partial charge in [-0.3, -0.25) is 4.79 Å². The van der Waals surface area contributed by atoms with Crippen molar-refractivity contribution >= 4 is 11.6 Å². The van der Waals surface area contributed by atoms with Crippen LogP contribution in [0.2, 0.25) is 0 Å². The van der Waals surface area contributed by atoms with E-state index in [2.05, 4.69) is 49.8 Å². The molecule has 6 nitrogen and oxygen atoms in total. The Morgan fingerprint density at radius 3 is 2.82 bits per heavy atom. The predicted molar refractivity (Wildman–Crippen MR) is 111 cm³/mol. The van der Waals surface area contributed by atoms with E-state index in [1.807, 2.05) is 19.2 Å². The van der Waals surface area contributed by atoms with E-state index in [4.69, 9.17) is 0 Å². The van der Waals surface area contributed by atoms with Crippen LogP contribution in [-0.4, -0.2) is 47.6 Å². The zero-order chi connectivity index (χ0) is 19.3. The number of hydrogen-bond acceptors (Lipinski definition) is 5. The van der Waals surface area contributed by atoms with Crippen molar-refractivity contribution in [1.29, 1.82) is 0 Å². The quantitative estimate of drug-likeness (QED) is 0.855. The number of nitrogens with zero attached hydrogens (tertiary/aromatic N) is 3. The largest absolute Gasteiger partial charge is 0.371 e. The van der Waals surface area contributed by atoms with Gasteiger partial charge in [0.15, 0.2) is 0 Å². The Morgan fingerprint density at radius 1 is 1.14 bits per heavy atom. The van der Waals surface area contributed by atoms with Gasteiger partial charge in [-0.15, -0.1) is 0 Å². The van der Waals surface area contributed by atoms with Gasteiger partial charge in [0, 0.05) is 43.1 Å². The zero-order valence-corrected chi connectivity index (χ0v) is 16.5. The average molecular weight is 380 g/mol. The molecule has 0 bridgehead atoms. The Kier molecular flexibility index (Phi) is 5.86. The lowest BCUT2D eigenvalue weighted by Gasteiger charge is -2.35. The van der Waals surface area contributed by atoms with Gasteiger partial charge in [-0.2, -0.15) is 0 Å². The second kappa shape index (κ2) is 8.69. The number of anilines is 1. The zero-order valence-electron chi connectivity index (χ0n) is 16.5. The van der Waals surface area contributed by atoms with Gasteiger partial charge in [0.05, 0.1) is 11.7 Å². The smallest absolute Gasteiger partial charge is 0.237 e. The van der Waals surface area contributed by atoms with Gasteiger partial charge in [-0.1, -0.05) is 12.1 Å². The van der Waals surface area contributed by atoms with Crippen LogP contribution in [0, 0.1) is 6.92 Å². The molecular formula is C22H29N5O. The molecule has 6 heteroatoms. The molecule has 2 aliphatic heterocycles. The number of rotatable bonds is 4. The van der Waals surface area contributed by atoms with Crippen LogP contribution in [-0.2, 0) is 4.79 Å². The average Bonchev–Trinajstić information content (AvgIpc) is 2.93. The molecule has 0 spiro atoms. The van der Waals surface area contributed by atoms with Gasteiger partial charge in [0.1, 0.15) is 5.82 Å². The highest BCUT2D eigenvalue weighted by Gasteiger charge is 2.26. The van der Waals surface area contributed by atoms with Gasteiger partial charge >= 0.3 is 0 Å². The van der Waals surface area contributed by atoms with Gasteiger partial charge in [-0.25, -0.2) is 9.97 Å². The standard InChI is InChI=1S/C22H29N5O/c1-16-23-12-8-20(25-16)17-5-4-6-19(15-17)27-13-9-18(10-14-27)26-21-7-2-3-11-24-22(21)28/h4-6,8,12,15,18,21,26H,2-3,7,9-11,13-14H2,1H3,(H,24,28)/t21-/m0/s1. The first-order valence-electron chi connectivity index (χ1n) is 10.4. The number of hydrogen-bond donors (Lipinski definition) is 2. The lowest BCUT2D eigenvalue weighted by Crippen LogP contribution is -2.51. The van der Waals surface area contributed by atoms with E-state index < -0.39 is 0 Å². The summed E-state index contributed by atoms with van der Waals surface area (Å²) in [6.07, 6.45) is 7.08. The molecule has 0 radical (unpaired) electrons. The van der Waals surface area contributed by atoms with Crippen LogP contribution in [0.5, 0.6) is 0 Å². The number of aromatic nitrogens is 2. The third kappa shape index (κ3) is 4.50. The summed E-state index contributed by atoms with van der Waals surface area (Å²) in [7, 11) is 0. The van der Waals surface area contributed by atoms with Crippen molar-refractivity contribution in [2.75, 3.05) is 24.5 Å². The topological polar surface area (TPSA) is 70.2 Å². The van der Waals surface area contributed by atoms with E-state index >= 15 is 0 Å². The first-order chi connectivity index (χ1) is 13.7. The van der Waals surface area contributed by atoms with E-state index in [1.165, 1.54) is 5.69 Å². The molecule has 1 aromatic carbocycles. The predicted octanol–water partition coefficient (Wildman–Crippen LogP) is 2.68. The molecule has 0 unspecified atom stereocenters. The molecule has 148 valence electrons. The Morgan fingerprint density at radius 2 is 2.00 bits per heavy atom. The third-order valence-electron chi connectivity index (χ3n) is 5.75. The van der Waals surface area contributed by atoms with Crippen LogP contribution >= 0.6 is 0 Å². The Hall–Kier alpha value is -2.47. The first kappa shape index (κ1) is 18.9. The molecule has 0 saturated carbocycles. The fourth-order valence-electron chi connectivity index (χ4n) is 4.17. The summed E-state index contributed by atoms with van der Waals surface area (Å²) < 4.78 is 0. The van der Waals surface area contributed by atoms with E-state index in [0.29, 0.717) is 6.04 Å². The molecule has 2 N–H and O–H groups in total. The van der Waals surface area contributed by atoms with Crippen LogP contribution < -0.4 is 15.5 Å². The molecule has 2 fully saturated rings. The van der Waals surface area contributed by atoms with Crippen molar-refractivity contribution in [2.45, 2.75) is 51.1 Å². The van der Waals surface area contributed by atoms with Gasteiger partial charge < -0.3 is 15.5 Å². The molecule has 2 aromatic rings. The van der Waals surface area contributed by atoms with E-state index in [-0.39, 0.29) is 11.9 Å². The molecule has 1 atom stereocenters. The molecule has 4 rings (SSSR count). The number of nitrogens with one attached hydrogen (secondary N) is 2. The minimum atomic E-state index is -0.0246. The summed E-state index contributed by atoms with van der Waals surface area (Å²) >= 11 is 0. The summed E-state index contributed by atoms with van der Waals surface area (Å²) in [5.41, 5.74) is 3.32. The maximum atomic E-state index is 12.2. The normalized spacial score (nSPS) is 21.2. The van der Waals surface area contributed by atoms with Crippen molar-refractivity contribution in [3.05, 3.63) is 42.4 Å². The number of carbonyl (C=O) groups is 1. The molecule has 28 heavy (non-hydrogen) atoms. The third-order valence-corrected chi connectivity index (χ3v) is 5.75. The van der Waals surface area contributed by atoms with E-state index in [1.54, 1.807) is 0 Å². The first-order valence-corrected chi connectivity index (χ1v) is 10.4. The summed E-state index contributed by atoms with van der Waals surface area (Å²) in [4.78, 5) is 23.3. The fraction of sp³-hybridized carbons (Fsp3) is 0.500. The molecule has 1 aromatic heterocycles. The highest BCUT2D eigenvalue weighted by Crippen LogP contribution is 2.26. The number of piperidine rings is 1. The van der Waals surface area contributed by atoms with Crippen molar-refractivity contribution in [3.8, 4) is 11.3 Å². The number of amides is 1. The number of benzene rings is 1. The Labute approximate surface area is 166 Å². The second-order valence-corrected chi connectivity index (χ2v) is 7.81. The van der Waals surface area contributed by atoms with Gasteiger partial charge in [-0.05, 0) is 57.2 Å². The molecule has 0 aliphatic carbocycles. The Bertz CT molecular complexity index is 816. The highest BCUT2D eigenvalue weighted by molar-refractivity contribution is 5.81. The van der Waals surface area contributed by atoms with Gasteiger partial charge in [0.25, 0.3) is 0 Å². The maximum Gasteiger partial charge on any atom is 0.237 e. The summed E-state index contributed by atoms with van der Waals surface area (Å²) in [6.45, 7) is 4.73. The van der Waals surface area contributed by atoms with Crippen LogP contribution in [0.15, 0.2) is 36.5 Å². The van der Waals surface area contributed by atoms with Crippen LogP contribution in [0.3, 0.4) is 0 Å². The summed E-state index contributed by atoms with van der Waals surface area (Å²) in [5, 5.41) is 6.63. The maximum absolute atomic E-state index is 12.2. The van der Waals surface area contributed by atoms with Crippen LogP contribution in [0.4, 0.5) is 5.69 Å². The molecular weight excluding hydrogens is 350 g/mol. The lowest BCUT2D eigenvalue weighted by molar-refractivity contribution is -0.123. The van der Waals surface area contributed by atoms with Crippen molar-refractivity contribution in [1.82, 2.24) is 20.6 Å². The fourth-order valence-corrected chi connectivity index (χ4v) is 4.17.